The van der Waals surface area contributed by atoms with Gasteiger partial charge in [0, 0.05) is 9.52 Å². The Morgan fingerprint density at radius 1 is 0.846 bits per heavy atom. The Morgan fingerprint density at radius 3 is 1.92 bits per heavy atom. The topological polar surface area (TPSA) is 0 Å². The highest BCUT2D eigenvalue weighted by Crippen LogP contribution is 2.44. The van der Waals surface area contributed by atoms with Gasteiger partial charge in [-0.25, -0.2) is 13.2 Å². The van der Waals surface area contributed by atoms with Gasteiger partial charge in [0.1, 0.15) is 0 Å². The van der Waals surface area contributed by atoms with Gasteiger partial charge in [0.15, 0.2) is 17.5 Å². The summed E-state index contributed by atoms with van der Waals surface area (Å²) in [7, 11) is 1.09. The molecule has 2 fully saturated rings. The van der Waals surface area contributed by atoms with E-state index in [9.17, 15) is 13.2 Å². The average molecular weight is 381 g/mol. The van der Waals surface area contributed by atoms with Gasteiger partial charge in [0.25, 0.3) is 0 Å². The SMILES string of the molecule is C[Si]CCCC1CCC(C2CCC(c3cc(F)c(F)c(F)c3)CC2)CC1. The van der Waals surface area contributed by atoms with Crippen LogP contribution in [0.1, 0.15) is 75.7 Å². The van der Waals surface area contributed by atoms with Crippen LogP contribution >= 0.6 is 0 Å². The van der Waals surface area contributed by atoms with Crippen LogP contribution in [0, 0.1) is 35.2 Å². The van der Waals surface area contributed by atoms with Gasteiger partial charge >= 0.3 is 0 Å². The molecule has 0 atom stereocenters. The lowest BCUT2D eigenvalue weighted by atomic mass is 9.68. The molecule has 0 heterocycles. The van der Waals surface area contributed by atoms with Gasteiger partial charge < -0.3 is 0 Å². The van der Waals surface area contributed by atoms with E-state index in [0.717, 1.165) is 53.0 Å². The molecule has 0 nitrogen and oxygen atoms in total. The van der Waals surface area contributed by atoms with Crippen LogP contribution in [-0.2, 0) is 0 Å². The Bertz CT molecular complexity index is 550. The Morgan fingerprint density at radius 2 is 1.38 bits per heavy atom. The molecule has 2 aliphatic carbocycles. The summed E-state index contributed by atoms with van der Waals surface area (Å²) in [5.74, 6) is -0.695. The van der Waals surface area contributed by atoms with Crippen molar-refractivity contribution >= 4 is 9.52 Å². The van der Waals surface area contributed by atoms with Crippen LogP contribution in [-0.4, -0.2) is 9.52 Å². The van der Waals surface area contributed by atoms with Crippen LogP contribution in [0.15, 0.2) is 12.1 Å². The van der Waals surface area contributed by atoms with Crippen molar-refractivity contribution in [2.75, 3.05) is 0 Å². The van der Waals surface area contributed by atoms with Crippen LogP contribution in [0.2, 0.25) is 12.6 Å². The molecule has 1 aromatic carbocycles. The highest BCUT2D eigenvalue weighted by molar-refractivity contribution is 6.33. The van der Waals surface area contributed by atoms with Gasteiger partial charge in [-0.15, -0.1) is 0 Å². The Kier molecular flexibility index (Phi) is 7.25. The minimum Gasteiger partial charge on any atom is -0.204 e. The lowest BCUT2D eigenvalue weighted by Crippen LogP contribution is -2.25. The maximum absolute atomic E-state index is 13.5. The molecular formula is C22H31F3Si. The van der Waals surface area contributed by atoms with Crippen LogP contribution in [0.3, 0.4) is 0 Å². The minimum atomic E-state index is -1.35. The van der Waals surface area contributed by atoms with Crippen LogP contribution in [0.25, 0.3) is 0 Å². The number of benzene rings is 1. The molecule has 0 bridgehead atoms. The first-order valence-corrected chi connectivity index (χ1v) is 12.1. The maximum Gasteiger partial charge on any atom is 0.194 e. The molecule has 0 aliphatic heterocycles. The molecule has 1 aromatic rings. The van der Waals surface area contributed by atoms with Crippen molar-refractivity contribution in [3.63, 3.8) is 0 Å². The van der Waals surface area contributed by atoms with Gasteiger partial charge in [0.2, 0.25) is 0 Å². The van der Waals surface area contributed by atoms with E-state index in [2.05, 4.69) is 6.55 Å². The van der Waals surface area contributed by atoms with Crippen molar-refractivity contribution in [2.45, 2.75) is 82.7 Å². The zero-order valence-electron chi connectivity index (χ0n) is 15.9. The molecule has 2 radical (unpaired) electrons. The predicted octanol–water partition coefficient (Wildman–Crippen LogP) is 7.13. The van der Waals surface area contributed by atoms with E-state index in [-0.39, 0.29) is 5.92 Å². The quantitative estimate of drug-likeness (QED) is 0.280. The van der Waals surface area contributed by atoms with Crippen molar-refractivity contribution in [2.24, 2.45) is 17.8 Å². The molecule has 0 saturated heterocycles. The standard InChI is InChI=1S/C22H31F3Si/c1-26-12-2-3-15-4-6-16(7-5-15)17-8-10-18(11-9-17)19-13-20(23)22(25)21(24)14-19/h13-18H,2-12H2,1H3. The monoisotopic (exact) mass is 380 g/mol. The molecule has 0 N–H and O–H groups in total. The second-order valence-electron chi connectivity index (χ2n) is 8.44. The van der Waals surface area contributed by atoms with E-state index in [0.29, 0.717) is 5.56 Å². The molecule has 2 saturated carbocycles. The van der Waals surface area contributed by atoms with E-state index < -0.39 is 17.5 Å². The first-order chi connectivity index (χ1) is 12.6. The van der Waals surface area contributed by atoms with Gasteiger partial charge in [-0.1, -0.05) is 38.3 Å². The zero-order valence-corrected chi connectivity index (χ0v) is 16.9. The summed E-state index contributed by atoms with van der Waals surface area (Å²) in [6.07, 6.45) is 12.6. The molecule has 0 unspecified atom stereocenters. The fourth-order valence-electron chi connectivity index (χ4n) is 5.25. The van der Waals surface area contributed by atoms with Crippen LogP contribution in [0.5, 0.6) is 0 Å². The fraction of sp³-hybridized carbons (Fsp3) is 0.727. The summed E-state index contributed by atoms with van der Waals surface area (Å²) in [6, 6.07) is 3.80. The van der Waals surface area contributed by atoms with Crippen molar-refractivity contribution in [3.05, 3.63) is 35.1 Å². The number of hydrogen-bond acceptors (Lipinski definition) is 0. The molecule has 4 heteroatoms. The van der Waals surface area contributed by atoms with Crippen molar-refractivity contribution in [3.8, 4) is 0 Å². The maximum atomic E-state index is 13.5. The largest absolute Gasteiger partial charge is 0.204 e. The normalized spacial score (nSPS) is 29.7. The van der Waals surface area contributed by atoms with E-state index in [4.69, 9.17) is 0 Å². The Labute approximate surface area is 158 Å². The lowest BCUT2D eigenvalue weighted by Gasteiger charge is -2.38. The van der Waals surface area contributed by atoms with Gasteiger partial charge in [-0.2, -0.15) is 0 Å². The van der Waals surface area contributed by atoms with E-state index in [1.54, 1.807) is 0 Å². The first-order valence-electron chi connectivity index (χ1n) is 10.4. The summed E-state index contributed by atoms with van der Waals surface area (Å²) >= 11 is 0. The van der Waals surface area contributed by atoms with Crippen molar-refractivity contribution in [1.29, 1.82) is 0 Å². The molecule has 2 aliphatic rings. The fourth-order valence-corrected chi connectivity index (χ4v) is 5.81. The number of halogens is 3. The van der Waals surface area contributed by atoms with Crippen LogP contribution in [0.4, 0.5) is 13.2 Å². The zero-order chi connectivity index (χ0) is 18.5. The Hall–Kier alpha value is -0.773. The molecule has 3 rings (SSSR count). The Balaban J connectivity index is 1.46. The number of hydrogen-bond donors (Lipinski definition) is 0. The van der Waals surface area contributed by atoms with Gasteiger partial charge in [-0.3, -0.25) is 0 Å². The second kappa shape index (κ2) is 9.43. The van der Waals surface area contributed by atoms with Crippen molar-refractivity contribution in [1.82, 2.24) is 0 Å². The second-order valence-corrected chi connectivity index (χ2v) is 9.64. The molecule has 0 spiro atoms. The third-order valence-electron chi connectivity index (χ3n) is 6.85. The average Bonchev–Trinajstić information content (AvgIpc) is 2.67. The summed E-state index contributed by atoms with van der Waals surface area (Å²) in [5.41, 5.74) is 0.639. The predicted molar refractivity (Wildman–Crippen MR) is 102 cm³/mol. The van der Waals surface area contributed by atoms with E-state index in [1.807, 2.05) is 0 Å². The van der Waals surface area contributed by atoms with Crippen LogP contribution < -0.4 is 0 Å². The molecular weight excluding hydrogens is 349 g/mol. The summed E-state index contributed by atoms with van der Waals surface area (Å²) in [5, 5.41) is 0. The smallest absolute Gasteiger partial charge is 0.194 e. The third kappa shape index (κ3) is 4.93. The summed E-state index contributed by atoms with van der Waals surface area (Å²) in [6.45, 7) is 2.29. The number of rotatable bonds is 6. The van der Waals surface area contributed by atoms with Gasteiger partial charge in [-0.05, 0) is 79.9 Å². The lowest BCUT2D eigenvalue weighted by molar-refractivity contribution is 0.156. The minimum absolute atomic E-state index is 0.182. The highest BCUT2D eigenvalue weighted by atomic mass is 28.2. The molecule has 0 amide bonds. The van der Waals surface area contributed by atoms with E-state index in [1.165, 1.54) is 56.7 Å². The first kappa shape index (κ1) is 20.0. The molecule has 144 valence electrons. The molecule has 0 aromatic heterocycles. The molecule has 26 heavy (non-hydrogen) atoms. The summed E-state index contributed by atoms with van der Waals surface area (Å²) in [4.78, 5) is 0. The van der Waals surface area contributed by atoms with Crippen molar-refractivity contribution < 1.29 is 13.2 Å². The summed E-state index contributed by atoms with van der Waals surface area (Å²) < 4.78 is 40.2. The third-order valence-corrected chi connectivity index (χ3v) is 7.70. The van der Waals surface area contributed by atoms with E-state index >= 15 is 0 Å². The van der Waals surface area contributed by atoms with Gasteiger partial charge in [0.05, 0.1) is 0 Å². The highest BCUT2D eigenvalue weighted by Gasteiger charge is 2.31.